The van der Waals surface area contributed by atoms with Crippen LogP contribution in [-0.2, 0) is 11.3 Å². The molecule has 0 aliphatic carbocycles. The van der Waals surface area contributed by atoms with Gasteiger partial charge in [-0.3, -0.25) is 9.36 Å². The van der Waals surface area contributed by atoms with E-state index in [0.29, 0.717) is 6.54 Å². The van der Waals surface area contributed by atoms with Crippen molar-refractivity contribution in [1.29, 1.82) is 0 Å². The second-order valence-corrected chi connectivity index (χ2v) is 5.51. The van der Waals surface area contributed by atoms with Crippen LogP contribution in [0.5, 0.6) is 0 Å². The van der Waals surface area contributed by atoms with Crippen molar-refractivity contribution in [2.24, 2.45) is 0 Å². The Morgan fingerprint density at radius 1 is 1.61 bits per heavy atom. The van der Waals surface area contributed by atoms with Gasteiger partial charge in [0.25, 0.3) is 5.56 Å². The van der Waals surface area contributed by atoms with Gasteiger partial charge in [-0.1, -0.05) is 0 Å². The Morgan fingerprint density at radius 3 is 3.33 bits per heavy atom. The van der Waals surface area contributed by atoms with Crippen LogP contribution in [0.4, 0.5) is 0 Å². The Labute approximate surface area is 109 Å². The van der Waals surface area contributed by atoms with E-state index in [1.807, 2.05) is 11.4 Å². The van der Waals surface area contributed by atoms with E-state index in [1.54, 1.807) is 10.9 Å². The summed E-state index contributed by atoms with van der Waals surface area (Å²) in [6.45, 7) is 3.11. The normalized spacial score (nSPS) is 21.5. The fourth-order valence-corrected chi connectivity index (χ4v) is 3.00. The van der Waals surface area contributed by atoms with Crippen LogP contribution >= 0.6 is 11.3 Å². The highest BCUT2D eigenvalue weighted by molar-refractivity contribution is 7.17. The minimum atomic E-state index is 0.0341. The van der Waals surface area contributed by atoms with E-state index in [4.69, 9.17) is 4.74 Å². The Balaban J connectivity index is 1.86. The second kappa shape index (κ2) is 4.79. The van der Waals surface area contributed by atoms with Crippen LogP contribution in [0.1, 0.15) is 0 Å². The molecule has 1 fully saturated rings. The highest BCUT2D eigenvalue weighted by atomic mass is 32.1. The van der Waals surface area contributed by atoms with E-state index >= 15 is 0 Å². The summed E-state index contributed by atoms with van der Waals surface area (Å²) in [6.07, 6.45) is 1.69. The van der Waals surface area contributed by atoms with Crippen molar-refractivity contribution in [1.82, 2.24) is 14.5 Å². The predicted molar refractivity (Wildman–Crippen MR) is 71.1 cm³/mol. The molecule has 1 aliphatic rings. The Hall–Kier alpha value is -1.24. The molecular weight excluding hydrogens is 250 g/mol. The summed E-state index contributed by atoms with van der Waals surface area (Å²) in [6, 6.07) is 1.87. The molecular formula is C12H15N3O2S. The number of morpholine rings is 1. The molecule has 18 heavy (non-hydrogen) atoms. The van der Waals surface area contributed by atoms with Crippen LogP contribution in [0.25, 0.3) is 10.2 Å². The van der Waals surface area contributed by atoms with Gasteiger partial charge >= 0.3 is 0 Å². The van der Waals surface area contributed by atoms with E-state index < -0.39 is 0 Å². The molecule has 0 aromatic carbocycles. The number of nitrogens with zero attached hydrogens (tertiary/aromatic N) is 3. The molecule has 0 spiro atoms. The summed E-state index contributed by atoms with van der Waals surface area (Å²) in [5.41, 5.74) is 0.815. The Bertz CT molecular complexity index is 607. The summed E-state index contributed by atoms with van der Waals surface area (Å²) in [5, 5.41) is 1.90. The van der Waals surface area contributed by atoms with Gasteiger partial charge in [-0.25, -0.2) is 4.98 Å². The molecule has 5 nitrogen and oxygen atoms in total. The maximum Gasteiger partial charge on any atom is 0.271 e. The van der Waals surface area contributed by atoms with Crippen LogP contribution in [-0.4, -0.2) is 47.3 Å². The molecule has 1 aliphatic heterocycles. The van der Waals surface area contributed by atoms with Crippen LogP contribution in [0.2, 0.25) is 0 Å². The van der Waals surface area contributed by atoms with Crippen molar-refractivity contribution in [3.63, 3.8) is 0 Å². The SMILES string of the molecule is CN1CCOC(Cn2cnc3ccsc3c2=O)C1. The highest BCUT2D eigenvalue weighted by Gasteiger charge is 2.19. The molecule has 2 aromatic rings. The van der Waals surface area contributed by atoms with Crippen LogP contribution in [0, 0.1) is 0 Å². The average molecular weight is 265 g/mol. The van der Waals surface area contributed by atoms with Gasteiger partial charge in [-0.2, -0.15) is 0 Å². The molecule has 0 saturated carbocycles. The number of hydrogen-bond acceptors (Lipinski definition) is 5. The largest absolute Gasteiger partial charge is 0.374 e. The summed E-state index contributed by atoms with van der Waals surface area (Å²) in [7, 11) is 2.07. The van der Waals surface area contributed by atoms with Crippen LogP contribution in [0.3, 0.4) is 0 Å². The van der Waals surface area contributed by atoms with Gasteiger partial charge < -0.3 is 9.64 Å². The van der Waals surface area contributed by atoms with Crippen molar-refractivity contribution >= 4 is 21.6 Å². The van der Waals surface area contributed by atoms with E-state index in [9.17, 15) is 4.79 Å². The monoisotopic (exact) mass is 265 g/mol. The lowest BCUT2D eigenvalue weighted by atomic mass is 10.3. The maximum absolute atomic E-state index is 12.2. The fourth-order valence-electron chi connectivity index (χ4n) is 2.21. The number of ether oxygens (including phenoxy) is 1. The number of rotatable bonds is 2. The molecule has 0 bridgehead atoms. The highest BCUT2D eigenvalue weighted by Crippen LogP contribution is 2.13. The van der Waals surface area contributed by atoms with Gasteiger partial charge in [-0.15, -0.1) is 11.3 Å². The van der Waals surface area contributed by atoms with Gasteiger partial charge in [-0.05, 0) is 18.5 Å². The van der Waals surface area contributed by atoms with Gasteiger partial charge in [0, 0.05) is 13.1 Å². The molecule has 1 unspecified atom stereocenters. The quantitative estimate of drug-likeness (QED) is 0.805. The fraction of sp³-hybridized carbons (Fsp3) is 0.500. The molecule has 6 heteroatoms. The first-order valence-corrected chi connectivity index (χ1v) is 6.85. The van der Waals surface area contributed by atoms with Crippen molar-refractivity contribution < 1.29 is 4.74 Å². The zero-order valence-corrected chi connectivity index (χ0v) is 11.0. The molecule has 2 aromatic heterocycles. The van der Waals surface area contributed by atoms with E-state index in [0.717, 1.165) is 29.9 Å². The van der Waals surface area contributed by atoms with Crippen molar-refractivity contribution in [2.75, 3.05) is 26.7 Å². The van der Waals surface area contributed by atoms with Crippen molar-refractivity contribution in [3.8, 4) is 0 Å². The number of aromatic nitrogens is 2. The number of thiophene rings is 1. The Morgan fingerprint density at radius 2 is 2.50 bits per heavy atom. The molecule has 1 atom stereocenters. The number of hydrogen-bond donors (Lipinski definition) is 0. The lowest BCUT2D eigenvalue weighted by molar-refractivity contribution is -0.0279. The van der Waals surface area contributed by atoms with E-state index in [1.165, 1.54) is 11.3 Å². The smallest absolute Gasteiger partial charge is 0.271 e. The molecule has 3 rings (SSSR count). The van der Waals surface area contributed by atoms with Gasteiger partial charge in [0.05, 0.1) is 31.1 Å². The number of fused-ring (bicyclic) bond motifs is 1. The van der Waals surface area contributed by atoms with Crippen molar-refractivity contribution in [3.05, 3.63) is 28.1 Å². The maximum atomic E-state index is 12.2. The summed E-state index contributed by atoms with van der Waals surface area (Å²) in [4.78, 5) is 18.7. The molecule has 3 heterocycles. The molecule has 0 N–H and O–H groups in total. The molecule has 96 valence electrons. The van der Waals surface area contributed by atoms with Gasteiger partial charge in [0.2, 0.25) is 0 Å². The topological polar surface area (TPSA) is 47.4 Å². The third kappa shape index (κ3) is 2.19. The summed E-state index contributed by atoms with van der Waals surface area (Å²) >= 11 is 1.44. The summed E-state index contributed by atoms with van der Waals surface area (Å²) in [5.74, 6) is 0. The third-order valence-electron chi connectivity index (χ3n) is 3.18. The molecule has 0 amide bonds. The average Bonchev–Trinajstić information content (AvgIpc) is 2.82. The predicted octanol–water partition coefficient (Wildman–Crippen LogP) is 0.789. The van der Waals surface area contributed by atoms with Gasteiger partial charge in [0.15, 0.2) is 0 Å². The van der Waals surface area contributed by atoms with Gasteiger partial charge in [0.1, 0.15) is 4.70 Å². The minimum absolute atomic E-state index is 0.0341. The summed E-state index contributed by atoms with van der Waals surface area (Å²) < 4.78 is 8.05. The zero-order chi connectivity index (χ0) is 12.5. The van der Waals surface area contributed by atoms with Crippen LogP contribution in [0.15, 0.2) is 22.6 Å². The molecule has 1 saturated heterocycles. The van der Waals surface area contributed by atoms with E-state index in [2.05, 4.69) is 16.9 Å². The third-order valence-corrected chi connectivity index (χ3v) is 4.07. The lowest BCUT2D eigenvalue weighted by Crippen LogP contribution is -2.43. The number of likely N-dealkylation sites (N-methyl/N-ethyl adjacent to an activating group) is 1. The van der Waals surface area contributed by atoms with Crippen molar-refractivity contribution in [2.45, 2.75) is 12.6 Å². The molecule has 0 radical (unpaired) electrons. The first-order valence-electron chi connectivity index (χ1n) is 5.97. The second-order valence-electron chi connectivity index (χ2n) is 4.59. The first kappa shape index (κ1) is 11.8. The minimum Gasteiger partial charge on any atom is -0.374 e. The lowest BCUT2D eigenvalue weighted by Gasteiger charge is -2.30. The standard InChI is InChI=1S/C12H15N3O2S/c1-14-3-4-17-9(6-14)7-15-8-13-10-2-5-18-11(10)12(15)16/h2,5,8-9H,3-4,6-7H2,1H3. The van der Waals surface area contributed by atoms with Crippen LogP contribution < -0.4 is 5.56 Å². The first-order chi connectivity index (χ1) is 8.74. The van der Waals surface area contributed by atoms with E-state index in [-0.39, 0.29) is 11.7 Å². The Kier molecular flexibility index (Phi) is 3.15. The zero-order valence-electron chi connectivity index (χ0n) is 10.2.